The van der Waals surface area contributed by atoms with Gasteiger partial charge in [-0.05, 0) is 12.1 Å². The average Bonchev–Trinajstić information content (AvgIpc) is 2.15. The molecule has 82 valence electrons. The number of hydrogen-bond donors (Lipinski definition) is 1. The Kier molecular flexibility index (Phi) is 2.94. The zero-order valence-electron chi connectivity index (χ0n) is 8.22. The summed E-state index contributed by atoms with van der Waals surface area (Å²) in [6.07, 6.45) is 1.05. The summed E-state index contributed by atoms with van der Waals surface area (Å²) in [6, 6.07) is 3.63. The van der Waals surface area contributed by atoms with Gasteiger partial charge in [-0.1, -0.05) is 0 Å². The van der Waals surface area contributed by atoms with Gasteiger partial charge in [0, 0.05) is 19.4 Å². The Labute approximate surface area is 87.0 Å². The number of nitro benzene ring substituents is 1. The number of hydrogen-bond acceptors (Lipinski definition) is 5. The van der Waals surface area contributed by atoms with Crippen LogP contribution in [-0.2, 0) is 9.84 Å². The highest BCUT2D eigenvalue weighted by atomic mass is 32.2. The van der Waals surface area contributed by atoms with Crippen molar-refractivity contribution in [1.82, 2.24) is 0 Å². The van der Waals surface area contributed by atoms with E-state index in [1.165, 1.54) is 25.2 Å². The van der Waals surface area contributed by atoms with E-state index in [0.29, 0.717) is 0 Å². The number of anilines is 1. The Balaban J connectivity index is 3.38. The molecule has 1 rings (SSSR count). The molecule has 15 heavy (non-hydrogen) atoms. The van der Waals surface area contributed by atoms with Crippen molar-refractivity contribution >= 4 is 21.2 Å². The summed E-state index contributed by atoms with van der Waals surface area (Å²) >= 11 is 0. The fourth-order valence-corrected chi connectivity index (χ4v) is 1.75. The van der Waals surface area contributed by atoms with Crippen molar-refractivity contribution in [3.05, 3.63) is 28.3 Å². The highest BCUT2D eigenvalue weighted by Gasteiger charge is 2.16. The molecule has 0 saturated carbocycles. The van der Waals surface area contributed by atoms with Gasteiger partial charge in [0.25, 0.3) is 5.69 Å². The van der Waals surface area contributed by atoms with E-state index in [1.807, 2.05) is 0 Å². The van der Waals surface area contributed by atoms with Gasteiger partial charge in [0.15, 0.2) is 9.84 Å². The van der Waals surface area contributed by atoms with E-state index in [2.05, 4.69) is 5.32 Å². The fraction of sp³-hybridized carbons (Fsp3) is 0.250. The van der Waals surface area contributed by atoms with Crippen LogP contribution in [0.3, 0.4) is 0 Å². The number of nitro groups is 1. The second-order valence-electron chi connectivity index (χ2n) is 2.96. The maximum Gasteiger partial charge on any atom is 0.292 e. The van der Waals surface area contributed by atoms with E-state index in [1.54, 1.807) is 0 Å². The van der Waals surface area contributed by atoms with Gasteiger partial charge >= 0.3 is 0 Å². The summed E-state index contributed by atoms with van der Waals surface area (Å²) in [6.45, 7) is 0. The van der Waals surface area contributed by atoms with Crippen molar-refractivity contribution in [1.29, 1.82) is 0 Å². The molecule has 0 amide bonds. The van der Waals surface area contributed by atoms with Gasteiger partial charge < -0.3 is 5.32 Å². The molecule has 1 aromatic rings. The van der Waals surface area contributed by atoms with Gasteiger partial charge in [0.1, 0.15) is 5.69 Å². The lowest BCUT2D eigenvalue weighted by molar-refractivity contribution is -0.384. The van der Waals surface area contributed by atoms with E-state index in [0.717, 1.165) is 6.26 Å². The third kappa shape index (κ3) is 2.44. The molecule has 0 unspecified atom stereocenters. The molecule has 1 N–H and O–H groups in total. The van der Waals surface area contributed by atoms with Crippen LogP contribution in [0.4, 0.5) is 11.4 Å². The van der Waals surface area contributed by atoms with Crippen LogP contribution in [0, 0.1) is 10.1 Å². The largest absolute Gasteiger partial charge is 0.383 e. The van der Waals surface area contributed by atoms with Gasteiger partial charge in [-0.3, -0.25) is 10.1 Å². The Bertz CT molecular complexity index is 495. The minimum Gasteiger partial charge on any atom is -0.383 e. The fourth-order valence-electron chi connectivity index (χ4n) is 1.11. The summed E-state index contributed by atoms with van der Waals surface area (Å²) in [4.78, 5) is 10.0. The molecule has 0 fully saturated rings. The molecule has 6 nitrogen and oxygen atoms in total. The van der Waals surface area contributed by atoms with E-state index in [4.69, 9.17) is 0 Å². The highest BCUT2D eigenvalue weighted by molar-refractivity contribution is 7.90. The highest BCUT2D eigenvalue weighted by Crippen LogP contribution is 2.26. The van der Waals surface area contributed by atoms with Crippen LogP contribution in [-0.4, -0.2) is 26.6 Å². The summed E-state index contributed by atoms with van der Waals surface area (Å²) < 4.78 is 22.4. The third-order valence-corrected chi connectivity index (χ3v) is 2.97. The number of sulfone groups is 1. The van der Waals surface area contributed by atoms with Crippen LogP contribution >= 0.6 is 0 Å². The molecule has 0 aliphatic heterocycles. The number of nitrogens with zero attached hydrogens (tertiary/aromatic N) is 1. The Morgan fingerprint density at radius 3 is 2.40 bits per heavy atom. The Hall–Kier alpha value is -1.63. The molecule has 0 aromatic heterocycles. The van der Waals surface area contributed by atoms with E-state index in [9.17, 15) is 18.5 Å². The third-order valence-electron chi connectivity index (χ3n) is 1.86. The predicted octanol–water partition coefficient (Wildman–Crippen LogP) is 1.04. The molecule has 0 saturated heterocycles. The number of rotatable bonds is 3. The average molecular weight is 230 g/mol. The topological polar surface area (TPSA) is 89.3 Å². The van der Waals surface area contributed by atoms with Gasteiger partial charge in [-0.2, -0.15) is 0 Å². The van der Waals surface area contributed by atoms with Crippen molar-refractivity contribution in [3.63, 3.8) is 0 Å². The second-order valence-corrected chi connectivity index (χ2v) is 4.97. The number of nitrogens with one attached hydrogen (secondary N) is 1. The zero-order valence-corrected chi connectivity index (χ0v) is 9.04. The van der Waals surface area contributed by atoms with Crippen LogP contribution in [0.25, 0.3) is 0 Å². The predicted molar refractivity (Wildman–Crippen MR) is 55.8 cm³/mol. The van der Waals surface area contributed by atoms with Gasteiger partial charge in [-0.25, -0.2) is 8.42 Å². The molecule has 0 aliphatic rings. The molecule has 0 spiro atoms. The van der Waals surface area contributed by atoms with Crippen molar-refractivity contribution in [2.75, 3.05) is 18.6 Å². The molecule has 1 aromatic carbocycles. The Morgan fingerprint density at radius 1 is 1.40 bits per heavy atom. The van der Waals surface area contributed by atoms with Gasteiger partial charge in [-0.15, -0.1) is 0 Å². The monoisotopic (exact) mass is 230 g/mol. The SMILES string of the molecule is CNc1cc(S(C)(=O)=O)ccc1[N+](=O)[O-]. The molecule has 0 bridgehead atoms. The van der Waals surface area contributed by atoms with Crippen LogP contribution in [0.1, 0.15) is 0 Å². The van der Waals surface area contributed by atoms with Gasteiger partial charge in [0.05, 0.1) is 9.82 Å². The molecule has 0 heterocycles. The van der Waals surface area contributed by atoms with E-state index in [-0.39, 0.29) is 16.3 Å². The van der Waals surface area contributed by atoms with Crippen LogP contribution in [0.5, 0.6) is 0 Å². The molecular weight excluding hydrogens is 220 g/mol. The molecular formula is C8H10N2O4S. The maximum absolute atomic E-state index is 11.2. The maximum atomic E-state index is 11.2. The van der Waals surface area contributed by atoms with Crippen molar-refractivity contribution < 1.29 is 13.3 Å². The van der Waals surface area contributed by atoms with E-state index < -0.39 is 14.8 Å². The summed E-state index contributed by atoms with van der Waals surface area (Å²) in [7, 11) is -1.85. The summed E-state index contributed by atoms with van der Waals surface area (Å²) in [5, 5.41) is 13.1. The first-order chi connectivity index (χ1) is 6.86. The molecule has 0 aliphatic carbocycles. The van der Waals surface area contributed by atoms with Crippen molar-refractivity contribution in [2.45, 2.75) is 4.90 Å². The van der Waals surface area contributed by atoms with Crippen molar-refractivity contribution in [3.8, 4) is 0 Å². The summed E-state index contributed by atoms with van der Waals surface area (Å²) in [5.74, 6) is 0. The zero-order chi connectivity index (χ0) is 11.6. The quantitative estimate of drug-likeness (QED) is 0.619. The van der Waals surface area contributed by atoms with Crippen LogP contribution < -0.4 is 5.32 Å². The lowest BCUT2D eigenvalue weighted by Gasteiger charge is -2.04. The lowest BCUT2D eigenvalue weighted by Crippen LogP contribution is -2.01. The normalized spacial score (nSPS) is 11.1. The second kappa shape index (κ2) is 3.85. The molecule has 7 heteroatoms. The van der Waals surface area contributed by atoms with Gasteiger partial charge in [0.2, 0.25) is 0 Å². The Morgan fingerprint density at radius 2 is 2.00 bits per heavy atom. The minimum atomic E-state index is -3.34. The smallest absolute Gasteiger partial charge is 0.292 e. The first kappa shape index (κ1) is 11.4. The molecule has 0 atom stereocenters. The first-order valence-corrected chi connectivity index (χ1v) is 5.91. The first-order valence-electron chi connectivity index (χ1n) is 4.02. The van der Waals surface area contributed by atoms with E-state index >= 15 is 0 Å². The van der Waals surface area contributed by atoms with Crippen molar-refractivity contribution in [2.24, 2.45) is 0 Å². The van der Waals surface area contributed by atoms with Crippen LogP contribution in [0.2, 0.25) is 0 Å². The number of benzene rings is 1. The lowest BCUT2D eigenvalue weighted by atomic mass is 10.3. The minimum absolute atomic E-state index is 0.0532. The van der Waals surface area contributed by atoms with Crippen LogP contribution in [0.15, 0.2) is 23.1 Å². The summed E-state index contributed by atoms with van der Waals surface area (Å²) in [5.41, 5.74) is 0.0350. The standard InChI is InChI=1S/C8H10N2O4S/c1-9-7-5-6(15(2,13)14)3-4-8(7)10(11)12/h3-5,9H,1-2H3. The molecule has 0 radical (unpaired) electrons.